The number of carboxylic acid groups (broad SMARTS) is 1. The maximum Gasteiger partial charge on any atom is 0.310 e. The molecular weight excluding hydrogens is 252 g/mol. The Hall–Kier alpha value is -2.29. The number of hydrogen-bond acceptors (Lipinski definition) is 2. The molecule has 0 aliphatic heterocycles. The van der Waals surface area contributed by atoms with Gasteiger partial charge in [-0.15, -0.1) is 0 Å². The summed E-state index contributed by atoms with van der Waals surface area (Å²) in [5, 5.41) is 9.18. The van der Waals surface area contributed by atoms with Gasteiger partial charge in [0.15, 0.2) is 0 Å². The normalized spacial score (nSPS) is 11.9. The van der Waals surface area contributed by atoms with E-state index >= 15 is 0 Å². The first-order valence-electron chi connectivity index (χ1n) is 6.63. The first kappa shape index (κ1) is 14.1. The van der Waals surface area contributed by atoms with Gasteiger partial charge in [-0.25, -0.2) is 0 Å². The predicted molar refractivity (Wildman–Crippen MR) is 79.1 cm³/mol. The van der Waals surface area contributed by atoms with Crippen LogP contribution >= 0.6 is 0 Å². The summed E-state index contributed by atoms with van der Waals surface area (Å²) in [4.78, 5) is 11.2. The van der Waals surface area contributed by atoms with Crippen LogP contribution in [-0.2, 0) is 4.79 Å². The molecule has 20 heavy (non-hydrogen) atoms. The van der Waals surface area contributed by atoms with Crippen molar-refractivity contribution in [3.05, 3.63) is 54.1 Å². The highest BCUT2D eigenvalue weighted by molar-refractivity contribution is 5.77. The summed E-state index contributed by atoms with van der Waals surface area (Å²) in [7, 11) is 1.64. The molecule has 0 spiro atoms. The van der Waals surface area contributed by atoms with Crippen LogP contribution in [0.3, 0.4) is 0 Å². The lowest BCUT2D eigenvalue weighted by atomic mass is 9.94. The van der Waals surface area contributed by atoms with Crippen molar-refractivity contribution < 1.29 is 14.6 Å². The molecule has 0 aliphatic rings. The van der Waals surface area contributed by atoms with Gasteiger partial charge in [0.2, 0.25) is 0 Å². The number of carboxylic acids is 1. The highest BCUT2D eigenvalue weighted by Gasteiger charge is 2.17. The number of hydrogen-bond donors (Lipinski definition) is 1. The monoisotopic (exact) mass is 270 g/mol. The fourth-order valence-electron chi connectivity index (χ4n) is 2.33. The van der Waals surface area contributed by atoms with Crippen molar-refractivity contribution in [1.29, 1.82) is 0 Å². The predicted octanol–water partition coefficient (Wildman–Crippen LogP) is 3.94. The minimum atomic E-state index is -0.780. The Bertz CT molecular complexity index is 587. The van der Waals surface area contributed by atoms with E-state index in [4.69, 9.17) is 4.74 Å². The van der Waals surface area contributed by atoms with Crippen molar-refractivity contribution in [2.24, 2.45) is 0 Å². The van der Waals surface area contributed by atoms with Crippen molar-refractivity contribution in [2.75, 3.05) is 7.11 Å². The molecule has 0 radical (unpaired) electrons. The maximum atomic E-state index is 11.2. The molecule has 0 saturated heterocycles. The molecule has 0 aromatic heterocycles. The fourth-order valence-corrected chi connectivity index (χ4v) is 2.33. The van der Waals surface area contributed by atoms with Gasteiger partial charge in [-0.1, -0.05) is 49.4 Å². The van der Waals surface area contributed by atoms with Crippen LogP contribution in [0.2, 0.25) is 0 Å². The molecule has 0 saturated carbocycles. The van der Waals surface area contributed by atoms with Crippen LogP contribution in [-0.4, -0.2) is 18.2 Å². The summed E-state index contributed by atoms with van der Waals surface area (Å²) < 4.78 is 5.34. The summed E-state index contributed by atoms with van der Waals surface area (Å²) in [5.41, 5.74) is 2.86. The van der Waals surface area contributed by atoms with Gasteiger partial charge in [0.05, 0.1) is 13.0 Å². The van der Waals surface area contributed by atoms with E-state index in [2.05, 4.69) is 0 Å². The maximum absolute atomic E-state index is 11.2. The van der Waals surface area contributed by atoms with Crippen molar-refractivity contribution in [3.8, 4) is 16.9 Å². The molecule has 2 aromatic carbocycles. The Kier molecular flexibility index (Phi) is 4.41. The SMILES string of the molecule is CCC(C(=O)O)c1ccc(-c2ccccc2OC)cc1. The Morgan fingerprint density at radius 3 is 2.35 bits per heavy atom. The Labute approximate surface area is 118 Å². The van der Waals surface area contributed by atoms with Crippen LogP contribution in [0.15, 0.2) is 48.5 Å². The van der Waals surface area contributed by atoms with E-state index in [0.717, 1.165) is 22.4 Å². The molecule has 1 unspecified atom stereocenters. The molecule has 0 heterocycles. The summed E-state index contributed by atoms with van der Waals surface area (Å²) in [6.45, 7) is 1.88. The highest BCUT2D eigenvalue weighted by atomic mass is 16.5. The van der Waals surface area contributed by atoms with Crippen LogP contribution in [0.4, 0.5) is 0 Å². The lowest BCUT2D eigenvalue weighted by Crippen LogP contribution is -2.10. The van der Waals surface area contributed by atoms with Crippen molar-refractivity contribution in [2.45, 2.75) is 19.3 Å². The topological polar surface area (TPSA) is 46.5 Å². The van der Waals surface area contributed by atoms with Gasteiger partial charge in [0, 0.05) is 5.56 Å². The number of carbonyl (C=O) groups is 1. The van der Waals surface area contributed by atoms with E-state index < -0.39 is 11.9 Å². The number of rotatable bonds is 5. The second kappa shape index (κ2) is 6.24. The van der Waals surface area contributed by atoms with Crippen LogP contribution in [0.1, 0.15) is 24.8 Å². The number of aliphatic carboxylic acids is 1. The summed E-state index contributed by atoms with van der Waals surface area (Å²) in [6.07, 6.45) is 0.587. The van der Waals surface area contributed by atoms with Crippen LogP contribution in [0.25, 0.3) is 11.1 Å². The average molecular weight is 270 g/mol. The number of benzene rings is 2. The standard InChI is InChI=1S/C17H18O3/c1-3-14(17(18)19)12-8-10-13(11-9-12)15-6-4-5-7-16(15)20-2/h4-11,14H,3H2,1-2H3,(H,18,19). The van der Waals surface area contributed by atoms with E-state index in [1.54, 1.807) is 7.11 Å². The molecule has 1 N–H and O–H groups in total. The molecular formula is C17H18O3. The molecule has 0 amide bonds. The van der Waals surface area contributed by atoms with Crippen LogP contribution < -0.4 is 4.74 Å². The molecule has 0 aliphatic carbocycles. The largest absolute Gasteiger partial charge is 0.496 e. The summed E-state index contributed by atoms with van der Waals surface area (Å²) >= 11 is 0. The molecule has 1 atom stereocenters. The van der Waals surface area contributed by atoms with Gasteiger partial charge in [-0.2, -0.15) is 0 Å². The van der Waals surface area contributed by atoms with E-state index in [9.17, 15) is 9.90 Å². The van der Waals surface area contributed by atoms with Crippen molar-refractivity contribution in [3.63, 3.8) is 0 Å². The Morgan fingerprint density at radius 1 is 1.15 bits per heavy atom. The van der Waals surface area contributed by atoms with Crippen LogP contribution in [0, 0.1) is 0 Å². The van der Waals surface area contributed by atoms with E-state index in [0.29, 0.717) is 6.42 Å². The van der Waals surface area contributed by atoms with E-state index in [1.165, 1.54) is 0 Å². The first-order chi connectivity index (χ1) is 9.67. The van der Waals surface area contributed by atoms with Crippen molar-refractivity contribution in [1.82, 2.24) is 0 Å². The zero-order chi connectivity index (χ0) is 14.5. The molecule has 3 nitrogen and oxygen atoms in total. The fraction of sp³-hybridized carbons (Fsp3) is 0.235. The highest BCUT2D eigenvalue weighted by Crippen LogP contribution is 2.31. The van der Waals surface area contributed by atoms with E-state index in [-0.39, 0.29) is 0 Å². The second-order valence-electron chi connectivity index (χ2n) is 4.62. The molecule has 0 fully saturated rings. The van der Waals surface area contributed by atoms with Gasteiger partial charge in [0.25, 0.3) is 0 Å². The zero-order valence-corrected chi connectivity index (χ0v) is 11.7. The summed E-state index contributed by atoms with van der Waals surface area (Å²) in [6, 6.07) is 15.4. The number of methoxy groups -OCH3 is 1. The zero-order valence-electron chi connectivity index (χ0n) is 11.7. The number of ether oxygens (including phenoxy) is 1. The number of para-hydroxylation sites is 1. The van der Waals surface area contributed by atoms with Crippen molar-refractivity contribution >= 4 is 5.97 Å². The van der Waals surface area contributed by atoms with Gasteiger partial charge < -0.3 is 9.84 Å². The molecule has 0 bridgehead atoms. The lowest BCUT2D eigenvalue weighted by molar-refractivity contribution is -0.138. The van der Waals surface area contributed by atoms with Gasteiger partial charge in [-0.05, 0) is 23.6 Å². The third-order valence-electron chi connectivity index (χ3n) is 3.44. The van der Waals surface area contributed by atoms with Gasteiger partial charge in [0.1, 0.15) is 5.75 Å². The first-order valence-corrected chi connectivity index (χ1v) is 6.63. The molecule has 3 heteroatoms. The quantitative estimate of drug-likeness (QED) is 0.895. The smallest absolute Gasteiger partial charge is 0.310 e. The van der Waals surface area contributed by atoms with Gasteiger partial charge >= 0.3 is 5.97 Å². The molecule has 104 valence electrons. The Morgan fingerprint density at radius 2 is 1.80 bits per heavy atom. The third-order valence-corrected chi connectivity index (χ3v) is 3.44. The Balaban J connectivity index is 2.35. The third kappa shape index (κ3) is 2.82. The molecule has 2 aromatic rings. The summed E-state index contributed by atoms with van der Waals surface area (Å²) in [5.74, 6) is -0.412. The lowest BCUT2D eigenvalue weighted by Gasteiger charge is -2.12. The second-order valence-corrected chi connectivity index (χ2v) is 4.62. The minimum absolute atomic E-state index is 0.443. The van der Waals surface area contributed by atoms with E-state index in [1.807, 2.05) is 55.5 Å². The van der Waals surface area contributed by atoms with Crippen LogP contribution in [0.5, 0.6) is 5.75 Å². The molecule has 2 rings (SSSR count). The van der Waals surface area contributed by atoms with Gasteiger partial charge in [-0.3, -0.25) is 4.79 Å². The minimum Gasteiger partial charge on any atom is -0.496 e. The average Bonchev–Trinajstić information content (AvgIpc) is 2.48.